The molecule has 1 saturated heterocycles. The molecular formula is C14H16N2O. The van der Waals surface area contributed by atoms with Crippen LogP contribution in [0.25, 0.3) is 0 Å². The molecule has 1 fully saturated rings. The van der Waals surface area contributed by atoms with E-state index in [1.54, 1.807) is 0 Å². The van der Waals surface area contributed by atoms with Gasteiger partial charge in [0.2, 0.25) is 5.91 Å². The normalized spacial score (nSPS) is 14.7. The van der Waals surface area contributed by atoms with Crippen molar-refractivity contribution in [3.63, 3.8) is 0 Å². The summed E-state index contributed by atoms with van der Waals surface area (Å²) in [6.07, 6.45) is 1.59. The van der Waals surface area contributed by atoms with E-state index in [1.807, 2.05) is 30.0 Å². The molecule has 0 aliphatic carbocycles. The Balaban J connectivity index is 2.33. The number of carbonyl (C=O) groups excluding carboxylic acids is 1. The minimum atomic E-state index is 0.201. The second kappa shape index (κ2) is 5.03. The lowest BCUT2D eigenvalue weighted by molar-refractivity contribution is -0.117. The summed E-state index contributed by atoms with van der Waals surface area (Å²) in [5.41, 5.74) is 8.38. The molecule has 1 aromatic rings. The average molecular weight is 228 g/mol. The van der Waals surface area contributed by atoms with Crippen molar-refractivity contribution in [2.45, 2.75) is 19.8 Å². The van der Waals surface area contributed by atoms with Gasteiger partial charge in [0.1, 0.15) is 0 Å². The zero-order valence-corrected chi connectivity index (χ0v) is 9.99. The van der Waals surface area contributed by atoms with Crippen LogP contribution in [0.4, 0.5) is 5.69 Å². The molecule has 3 heteroatoms. The third-order valence-corrected chi connectivity index (χ3v) is 2.93. The van der Waals surface area contributed by atoms with Gasteiger partial charge in [-0.05, 0) is 31.0 Å². The number of anilines is 1. The number of nitrogens with two attached hydrogens (primary N) is 1. The Morgan fingerprint density at radius 1 is 1.47 bits per heavy atom. The monoisotopic (exact) mass is 228 g/mol. The number of hydrogen-bond donors (Lipinski definition) is 1. The Kier molecular flexibility index (Phi) is 3.46. The summed E-state index contributed by atoms with van der Waals surface area (Å²) in [6.45, 7) is 3.17. The highest BCUT2D eigenvalue weighted by molar-refractivity contribution is 5.95. The molecule has 0 atom stereocenters. The molecule has 0 aromatic heterocycles. The summed E-state index contributed by atoms with van der Waals surface area (Å²) in [5.74, 6) is 6.09. The SMILES string of the molecule is Cc1ccc(N2CCCC2=O)cc1C#CCN. The predicted octanol–water partition coefficient (Wildman–Crippen LogP) is 1.43. The van der Waals surface area contributed by atoms with E-state index >= 15 is 0 Å². The summed E-state index contributed by atoms with van der Waals surface area (Å²) >= 11 is 0. The van der Waals surface area contributed by atoms with Gasteiger partial charge in [-0.25, -0.2) is 0 Å². The van der Waals surface area contributed by atoms with E-state index in [1.165, 1.54) is 0 Å². The Labute approximate surface area is 102 Å². The quantitative estimate of drug-likeness (QED) is 0.739. The number of nitrogens with zero attached hydrogens (tertiary/aromatic N) is 1. The van der Waals surface area contributed by atoms with Crippen LogP contribution in [0.3, 0.4) is 0 Å². The fourth-order valence-electron chi connectivity index (χ4n) is 1.98. The number of aryl methyl sites for hydroxylation is 1. The highest BCUT2D eigenvalue weighted by Gasteiger charge is 2.21. The largest absolute Gasteiger partial charge is 0.320 e. The topological polar surface area (TPSA) is 46.3 Å². The first kappa shape index (κ1) is 11.7. The van der Waals surface area contributed by atoms with E-state index in [0.29, 0.717) is 13.0 Å². The van der Waals surface area contributed by atoms with Crippen LogP contribution in [0.15, 0.2) is 18.2 Å². The van der Waals surface area contributed by atoms with Crippen LogP contribution in [0, 0.1) is 18.8 Å². The van der Waals surface area contributed by atoms with Crippen LogP contribution in [0.1, 0.15) is 24.0 Å². The van der Waals surface area contributed by atoms with Crippen molar-refractivity contribution in [1.82, 2.24) is 0 Å². The fourth-order valence-corrected chi connectivity index (χ4v) is 1.98. The molecule has 0 unspecified atom stereocenters. The summed E-state index contributed by atoms with van der Waals surface area (Å²) in [4.78, 5) is 13.5. The van der Waals surface area contributed by atoms with E-state index < -0.39 is 0 Å². The van der Waals surface area contributed by atoms with E-state index in [-0.39, 0.29) is 5.91 Å². The van der Waals surface area contributed by atoms with Gasteiger partial charge in [0.05, 0.1) is 6.54 Å². The average Bonchev–Trinajstić information content (AvgIpc) is 2.75. The van der Waals surface area contributed by atoms with Gasteiger partial charge in [0.15, 0.2) is 0 Å². The molecular weight excluding hydrogens is 212 g/mol. The van der Waals surface area contributed by atoms with E-state index in [0.717, 1.165) is 29.8 Å². The maximum Gasteiger partial charge on any atom is 0.227 e. The summed E-state index contributed by atoms with van der Waals surface area (Å²) in [5, 5.41) is 0. The molecule has 1 amide bonds. The first-order valence-corrected chi connectivity index (χ1v) is 5.82. The van der Waals surface area contributed by atoms with E-state index in [9.17, 15) is 4.79 Å². The summed E-state index contributed by atoms with van der Waals surface area (Å²) in [7, 11) is 0. The van der Waals surface area contributed by atoms with Gasteiger partial charge >= 0.3 is 0 Å². The maximum absolute atomic E-state index is 11.7. The van der Waals surface area contributed by atoms with Gasteiger partial charge in [0.25, 0.3) is 0 Å². The Bertz CT molecular complexity index is 497. The molecule has 88 valence electrons. The van der Waals surface area contributed by atoms with Crippen molar-refractivity contribution in [2.24, 2.45) is 5.73 Å². The highest BCUT2D eigenvalue weighted by Crippen LogP contribution is 2.23. The number of benzene rings is 1. The molecule has 1 aliphatic rings. The first-order valence-electron chi connectivity index (χ1n) is 5.82. The minimum absolute atomic E-state index is 0.201. The van der Waals surface area contributed by atoms with Crippen molar-refractivity contribution < 1.29 is 4.79 Å². The van der Waals surface area contributed by atoms with Gasteiger partial charge in [-0.1, -0.05) is 17.9 Å². The van der Waals surface area contributed by atoms with Crippen molar-refractivity contribution in [3.8, 4) is 11.8 Å². The summed E-state index contributed by atoms with van der Waals surface area (Å²) < 4.78 is 0. The molecule has 2 N–H and O–H groups in total. The first-order chi connectivity index (χ1) is 8.22. The molecule has 1 aromatic carbocycles. The summed E-state index contributed by atoms with van der Waals surface area (Å²) in [6, 6.07) is 5.95. The Morgan fingerprint density at radius 3 is 2.94 bits per heavy atom. The second-order valence-corrected chi connectivity index (χ2v) is 4.15. The number of carbonyl (C=O) groups is 1. The third kappa shape index (κ3) is 2.48. The van der Waals surface area contributed by atoms with Crippen LogP contribution in [0.2, 0.25) is 0 Å². The lowest BCUT2D eigenvalue weighted by atomic mass is 10.1. The molecule has 1 aliphatic heterocycles. The molecule has 1 heterocycles. The van der Waals surface area contributed by atoms with Crippen LogP contribution < -0.4 is 10.6 Å². The van der Waals surface area contributed by atoms with Gasteiger partial charge in [-0.15, -0.1) is 0 Å². The highest BCUT2D eigenvalue weighted by atomic mass is 16.2. The molecule has 0 bridgehead atoms. The van der Waals surface area contributed by atoms with Gasteiger partial charge in [-0.2, -0.15) is 0 Å². The van der Waals surface area contributed by atoms with Gasteiger partial charge in [0, 0.05) is 24.2 Å². The maximum atomic E-state index is 11.7. The van der Waals surface area contributed by atoms with Crippen LogP contribution in [-0.4, -0.2) is 19.0 Å². The molecule has 0 radical (unpaired) electrons. The van der Waals surface area contributed by atoms with Crippen LogP contribution in [0.5, 0.6) is 0 Å². The standard InChI is InChI=1S/C14H16N2O/c1-11-6-7-13(10-12(11)4-2-8-15)16-9-3-5-14(16)17/h6-7,10H,3,5,8-9,15H2,1H3. The molecule has 0 spiro atoms. The molecule has 17 heavy (non-hydrogen) atoms. The van der Waals surface area contributed by atoms with Crippen molar-refractivity contribution >= 4 is 11.6 Å². The predicted molar refractivity (Wildman–Crippen MR) is 68.7 cm³/mol. The number of amides is 1. The van der Waals surface area contributed by atoms with Gasteiger partial charge < -0.3 is 10.6 Å². The number of rotatable bonds is 1. The zero-order valence-electron chi connectivity index (χ0n) is 9.99. The zero-order chi connectivity index (χ0) is 12.3. The molecule has 0 saturated carbocycles. The van der Waals surface area contributed by atoms with Crippen molar-refractivity contribution in [3.05, 3.63) is 29.3 Å². The molecule has 3 nitrogen and oxygen atoms in total. The van der Waals surface area contributed by atoms with Crippen molar-refractivity contribution in [1.29, 1.82) is 0 Å². The van der Waals surface area contributed by atoms with Gasteiger partial charge in [-0.3, -0.25) is 4.79 Å². The van der Waals surface area contributed by atoms with Crippen LogP contribution in [-0.2, 0) is 4.79 Å². The van der Waals surface area contributed by atoms with E-state index in [2.05, 4.69) is 11.8 Å². The van der Waals surface area contributed by atoms with Crippen LogP contribution >= 0.6 is 0 Å². The minimum Gasteiger partial charge on any atom is -0.320 e. The Hall–Kier alpha value is -1.79. The lowest BCUT2D eigenvalue weighted by Crippen LogP contribution is -2.23. The van der Waals surface area contributed by atoms with E-state index in [4.69, 9.17) is 5.73 Å². The number of hydrogen-bond acceptors (Lipinski definition) is 2. The fraction of sp³-hybridized carbons (Fsp3) is 0.357. The van der Waals surface area contributed by atoms with Crippen molar-refractivity contribution in [2.75, 3.05) is 18.0 Å². The third-order valence-electron chi connectivity index (χ3n) is 2.93. The second-order valence-electron chi connectivity index (χ2n) is 4.15. The lowest BCUT2D eigenvalue weighted by Gasteiger charge is -2.16. The molecule has 2 rings (SSSR count). The Morgan fingerprint density at radius 2 is 2.29 bits per heavy atom. The smallest absolute Gasteiger partial charge is 0.227 e.